The first-order valence-corrected chi connectivity index (χ1v) is 7.46. The fraction of sp³-hybridized carbons (Fsp3) is 0.0909. The van der Waals surface area contributed by atoms with Crippen molar-refractivity contribution in [3.05, 3.63) is 40.8 Å². The van der Waals surface area contributed by atoms with Crippen LogP contribution >= 0.6 is 11.3 Å². The molecule has 0 spiro atoms. The lowest BCUT2D eigenvalue weighted by Gasteiger charge is -2.18. The molecule has 0 unspecified atom stereocenters. The number of sulfonamides is 1. The van der Waals surface area contributed by atoms with Crippen LogP contribution in [0.25, 0.3) is 0 Å². The lowest BCUT2D eigenvalue weighted by atomic mass is 10.4. The number of aromatic carboxylic acids is 1. The average Bonchev–Trinajstić information content (AvgIpc) is 2.89. The van der Waals surface area contributed by atoms with Crippen LogP contribution < -0.4 is 4.31 Å². The normalized spacial score (nSPS) is 11.2. The van der Waals surface area contributed by atoms with Gasteiger partial charge < -0.3 is 5.11 Å². The highest BCUT2D eigenvalue weighted by atomic mass is 32.2. The van der Waals surface area contributed by atoms with Crippen molar-refractivity contribution in [1.29, 1.82) is 0 Å². The third-order valence-corrected chi connectivity index (χ3v) is 5.33. The fourth-order valence-electron chi connectivity index (χ4n) is 1.48. The number of nitrogens with zero attached hydrogens (tertiary/aromatic N) is 2. The Morgan fingerprint density at radius 1 is 1.42 bits per heavy atom. The number of hydrogen-bond donors (Lipinski definition) is 1. The Labute approximate surface area is 114 Å². The molecule has 8 heteroatoms. The van der Waals surface area contributed by atoms with Crippen LogP contribution in [0.4, 0.5) is 5.69 Å². The summed E-state index contributed by atoms with van der Waals surface area (Å²) in [6, 6.07) is 4.47. The quantitative estimate of drug-likeness (QED) is 0.927. The van der Waals surface area contributed by atoms with Crippen LogP contribution in [0.15, 0.2) is 40.9 Å². The first-order chi connectivity index (χ1) is 8.94. The number of carboxylic acid groups (broad SMARTS) is 1. The standard InChI is InChI=1S/C11H10N2O4S2/c1-13(8-3-2-5-12-7-8)19(16,17)9-4-6-18-10(9)11(14)15/h2-7H,1H3,(H,14,15). The summed E-state index contributed by atoms with van der Waals surface area (Å²) in [7, 11) is -2.54. The minimum atomic E-state index is -3.90. The molecule has 0 saturated carbocycles. The smallest absolute Gasteiger partial charge is 0.347 e. The zero-order chi connectivity index (χ0) is 14.0. The van der Waals surface area contributed by atoms with Crippen LogP contribution in [-0.2, 0) is 10.0 Å². The minimum Gasteiger partial charge on any atom is -0.477 e. The van der Waals surface area contributed by atoms with Gasteiger partial charge in [-0.25, -0.2) is 13.2 Å². The number of anilines is 1. The molecule has 100 valence electrons. The summed E-state index contributed by atoms with van der Waals surface area (Å²) in [6.07, 6.45) is 2.92. The van der Waals surface area contributed by atoms with Crippen LogP contribution in [0.5, 0.6) is 0 Å². The van der Waals surface area contributed by atoms with Crippen molar-refractivity contribution in [2.45, 2.75) is 4.90 Å². The summed E-state index contributed by atoms with van der Waals surface area (Å²) in [5.41, 5.74) is 0.366. The molecule has 2 heterocycles. The van der Waals surface area contributed by atoms with E-state index >= 15 is 0 Å². The third kappa shape index (κ3) is 2.45. The predicted molar refractivity (Wildman–Crippen MR) is 71.1 cm³/mol. The van der Waals surface area contributed by atoms with Gasteiger partial charge in [-0.2, -0.15) is 0 Å². The number of pyridine rings is 1. The van der Waals surface area contributed by atoms with Crippen LogP contribution in [0.2, 0.25) is 0 Å². The van der Waals surface area contributed by atoms with E-state index < -0.39 is 16.0 Å². The Hall–Kier alpha value is -1.93. The summed E-state index contributed by atoms with van der Waals surface area (Å²) in [4.78, 5) is 14.4. The van der Waals surface area contributed by atoms with Gasteiger partial charge in [0.1, 0.15) is 9.77 Å². The maximum absolute atomic E-state index is 12.4. The molecular formula is C11H10N2O4S2. The van der Waals surface area contributed by atoms with E-state index in [2.05, 4.69) is 4.98 Å². The molecule has 2 rings (SSSR count). The summed E-state index contributed by atoms with van der Waals surface area (Å²) >= 11 is 0.876. The van der Waals surface area contributed by atoms with Crippen molar-refractivity contribution in [3.63, 3.8) is 0 Å². The fourth-order valence-corrected chi connectivity index (χ4v) is 3.90. The number of hydrogen-bond acceptors (Lipinski definition) is 5. The molecule has 0 amide bonds. The largest absolute Gasteiger partial charge is 0.477 e. The number of aromatic nitrogens is 1. The van der Waals surface area contributed by atoms with Crippen LogP contribution in [-0.4, -0.2) is 31.5 Å². The molecule has 0 aliphatic rings. The van der Waals surface area contributed by atoms with Crippen molar-refractivity contribution >= 4 is 33.0 Å². The second-order valence-corrected chi connectivity index (χ2v) is 6.46. The van der Waals surface area contributed by atoms with E-state index in [9.17, 15) is 13.2 Å². The summed E-state index contributed by atoms with van der Waals surface area (Å²) in [6.45, 7) is 0. The molecule has 0 radical (unpaired) electrons. The zero-order valence-corrected chi connectivity index (χ0v) is 11.5. The zero-order valence-electron chi connectivity index (χ0n) is 9.85. The Bertz CT molecular complexity index is 694. The first-order valence-electron chi connectivity index (χ1n) is 5.14. The second-order valence-electron chi connectivity index (χ2n) is 3.60. The maximum Gasteiger partial charge on any atom is 0.347 e. The van der Waals surface area contributed by atoms with Gasteiger partial charge in [0.25, 0.3) is 10.0 Å². The van der Waals surface area contributed by atoms with Gasteiger partial charge in [0.15, 0.2) is 0 Å². The topological polar surface area (TPSA) is 87.6 Å². The SMILES string of the molecule is CN(c1cccnc1)S(=O)(=O)c1ccsc1C(=O)O. The highest BCUT2D eigenvalue weighted by molar-refractivity contribution is 7.93. The Balaban J connectivity index is 2.49. The van der Waals surface area contributed by atoms with Gasteiger partial charge in [-0.05, 0) is 23.6 Å². The van der Waals surface area contributed by atoms with Crippen molar-refractivity contribution < 1.29 is 18.3 Å². The van der Waals surface area contributed by atoms with E-state index in [1.54, 1.807) is 12.1 Å². The molecule has 0 fully saturated rings. The molecule has 1 N–H and O–H groups in total. The lowest BCUT2D eigenvalue weighted by Crippen LogP contribution is -2.27. The molecule has 0 bridgehead atoms. The molecule has 2 aromatic rings. The molecule has 0 aliphatic heterocycles. The Kier molecular flexibility index (Phi) is 3.54. The first kappa shape index (κ1) is 13.5. The van der Waals surface area contributed by atoms with Crippen molar-refractivity contribution in [3.8, 4) is 0 Å². The second kappa shape index (κ2) is 4.98. The molecule has 2 aromatic heterocycles. The van der Waals surface area contributed by atoms with Crippen molar-refractivity contribution in [2.75, 3.05) is 11.4 Å². The highest BCUT2D eigenvalue weighted by Gasteiger charge is 2.28. The average molecular weight is 298 g/mol. The summed E-state index contributed by atoms with van der Waals surface area (Å²) < 4.78 is 25.7. The van der Waals surface area contributed by atoms with Gasteiger partial charge >= 0.3 is 5.97 Å². The van der Waals surface area contributed by atoms with E-state index in [1.807, 2.05) is 0 Å². The van der Waals surface area contributed by atoms with E-state index in [0.29, 0.717) is 5.69 Å². The monoisotopic (exact) mass is 298 g/mol. The van der Waals surface area contributed by atoms with Gasteiger partial charge in [-0.1, -0.05) is 0 Å². The van der Waals surface area contributed by atoms with E-state index in [1.165, 1.54) is 30.9 Å². The Morgan fingerprint density at radius 2 is 2.16 bits per heavy atom. The molecule has 0 aliphatic carbocycles. The molecule has 6 nitrogen and oxygen atoms in total. The number of carboxylic acids is 1. The number of carbonyl (C=O) groups is 1. The van der Waals surface area contributed by atoms with Gasteiger partial charge in [-0.3, -0.25) is 9.29 Å². The van der Waals surface area contributed by atoms with Crippen molar-refractivity contribution in [1.82, 2.24) is 4.98 Å². The summed E-state index contributed by atoms with van der Waals surface area (Å²) in [5, 5.41) is 10.4. The third-order valence-electron chi connectivity index (χ3n) is 2.47. The van der Waals surface area contributed by atoms with Crippen LogP contribution in [0.3, 0.4) is 0 Å². The number of rotatable bonds is 4. The van der Waals surface area contributed by atoms with Crippen LogP contribution in [0, 0.1) is 0 Å². The van der Waals surface area contributed by atoms with E-state index in [4.69, 9.17) is 5.11 Å². The molecule has 19 heavy (non-hydrogen) atoms. The van der Waals surface area contributed by atoms with Gasteiger partial charge in [0.05, 0.1) is 11.9 Å². The molecule has 0 aromatic carbocycles. The minimum absolute atomic E-state index is 0.198. The van der Waals surface area contributed by atoms with Gasteiger partial charge in [-0.15, -0.1) is 11.3 Å². The van der Waals surface area contributed by atoms with Gasteiger partial charge in [0.2, 0.25) is 0 Å². The van der Waals surface area contributed by atoms with Gasteiger partial charge in [0, 0.05) is 13.2 Å². The highest BCUT2D eigenvalue weighted by Crippen LogP contribution is 2.27. The van der Waals surface area contributed by atoms with E-state index in [0.717, 1.165) is 15.6 Å². The van der Waals surface area contributed by atoms with E-state index in [-0.39, 0.29) is 9.77 Å². The predicted octanol–water partition coefficient (Wildman–Crippen LogP) is 1.67. The van der Waals surface area contributed by atoms with Crippen molar-refractivity contribution in [2.24, 2.45) is 0 Å². The molecule has 0 saturated heterocycles. The Morgan fingerprint density at radius 3 is 2.74 bits per heavy atom. The summed E-state index contributed by atoms with van der Waals surface area (Å²) in [5.74, 6) is -1.26. The molecule has 0 atom stereocenters. The molecular weight excluding hydrogens is 288 g/mol. The number of thiophene rings is 1. The lowest BCUT2D eigenvalue weighted by molar-refractivity contribution is 0.0698. The maximum atomic E-state index is 12.4. The van der Waals surface area contributed by atoms with Crippen LogP contribution in [0.1, 0.15) is 9.67 Å².